The maximum absolute atomic E-state index is 4.57. The van der Waals surface area contributed by atoms with Gasteiger partial charge in [-0.25, -0.2) is 0 Å². The van der Waals surface area contributed by atoms with Gasteiger partial charge in [-0.3, -0.25) is 0 Å². The number of nitrogens with zero attached hydrogens (tertiary/aromatic N) is 5. The molecule has 0 unspecified atom stereocenters. The molecule has 0 saturated heterocycles. The minimum Gasteiger partial charge on any atom is -0.510 e. The molecule has 0 aliphatic carbocycles. The summed E-state index contributed by atoms with van der Waals surface area (Å²) >= 11 is 0. The average Bonchev–Trinajstić information content (AvgIpc) is 3.72. The maximum Gasteiger partial charge on any atom is 3.00 e. The van der Waals surface area contributed by atoms with Gasteiger partial charge in [-0.15, -0.1) is 5.56 Å². The van der Waals surface area contributed by atoms with Gasteiger partial charge in [0.25, 0.3) is 0 Å². The Balaban J connectivity index is 0.000000135. The Labute approximate surface area is 268 Å². The van der Waals surface area contributed by atoms with Crippen molar-refractivity contribution in [2.24, 2.45) is 0 Å². The number of rotatable bonds is 0. The number of benzene rings is 5. The van der Waals surface area contributed by atoms with Gasteiger partial charge in [0, 0.05) is 22.8 Å². The SMILES string of the molecule is CN1C=C2c3ccccc3-c3ccc[c-]c3N2[CH-]1.[Ir+3].[c-]1ncn2c1c1ncccc1c1ccc3c4ccccc4ccc3c12. The molecule has 0 atom stereocenters. The normalized spacial score (nSPS) is 13.3. The van der Waals surface area contributed by atoms with Crippen molar-refractivity contribution in [3.05, 3.63) is 146 Å². The predicted octanol–water partition coefficient (Wildman–Crippen LogP) is 8.48. The Morgan fingerprint density at radius 3 is 2.39 bits per heavy atom. The summed E-state index contributed by atoms with van der Waals surface area (Å²) in [4.78, 5) is 13.1. The van der Waals surface area contributed by atoms with Crippen LogP contribution in [-0.4, -0.2) is 26.3 Å². The van der Waals surface area contributed by atoms with Crippen LogP contribution in [-0.2, 0) is 20.1 Å². The van der Waals surface area contributed by atoms with E-state index in [4.69, 9.17) is 0 Å². The van der Waals surface area contributed by atoms with Crippen LogP contribution in [0, 0.1) is 18.9 Å². The Hall–Kier alpha value is -5.03. The topological polar surface area (TPSA) is 36.7 Å². The van der Waals surface area contributed by atoms with E-state index in [2.05, 4.69) is 141 Å². The molecule has 44 heavy (non-hydrogen) atoms. The van der Waals surface area contributed by atoms with E-state index in [0.29, 0.717) is 0 Å². The summed E-state index contributed by atoms with van der Waals surface area (Å²) in [5.41, 5.74) is 9.19. The fourth-order valence-corrected chi connectivity index (χ4v) is 6.65. The van der Waals surface area contributed by atoms with E-state index in [1.54, 1.807) is 0 Å². The molecule has 0 fully saturated rings. The average molecular weight is 743 g/mol. The molecule has 210 valence electrons. The molecule has 3 aromatic heterocycles. The second kappa shape index (κ2) is 10.3. The van der Waals surface area contributed by atoms with E-state index in [0.717, 1.165) is 27.6 Å². The second-order valence-electron chi connectivity index (χ2n) is 11.0. The van der Waals surface area contributed by atoms with Crippen LogP contribution in [0.4, 0.5) is 5.69 Å². The van der Waals surface area contributed by atoms with Gasteiger partial charge in [0.2, 0.25) is 0 Å². The van der Waals surface area contributed by atoms with Crippen LogP contribution in [0.1, 0.15) is 5.56 Å². The fourth-order valence-electron chi connectivity index (χ4n) is 6.65. The zero-order valence-corrected chi connectivity index (χ0v) is 26.1. The largest absolute Gasteiger partial charge is 3.00 e. The van der Waals surface area contributed by atoms with E-state index in [1.807, 2.05) is 30.7 Å². The summed E-state index contributed by atoms with van der Waals surface area (Å²) in [5, 5.41) is 7.32. The molecule has 5 heterocycles. The summed E-state index contributed by atoms with van der Waals surface area (Å²) in [5.74, 6) is 0. The Morgan fingerprint density at radius 2 is 1.45 bits per heavy atom. The second-order valence-corrected chi connectivity index (χ2v) is 11.0. The molecule has 5 aromatic carbocycles. The molecule has 0 amide bonds. The molecule has 8 aromatic rings. The number of fused-ring (bicyclic) bond motifs is 16. The van der Waals surface area contributed by atoms with Crippen molar-refractivity contribution < 1.29 is 20.1 Å². The first-order chi connectivity index (χ1) is 21.3. The van der Waals surface area contributed by atoms with Crippen molar-refractivity contribution in [3.8, 4) is 11.1 Å². The standard InChI is InChI=1S/C22H12N3.C16H12N2.Ir/c1-2-5-15-14(4-1)7-8-18-16(15)9-10-19-17-6-3-11-24-21(17)20-12-23-13-25(20)22(18)19;1-17-10-16-14-8-3-2-6-12(14)13-7-4-5-9-15(13)18(16)11-17;/h1-11,13H;2-8,10-11H,1H3;/q-1;-2;+3. The predicted molar refractivity (Wildman–Crippen MR) is 175 cm³/mol. The zero-order chi connectivity index (χ0) is 28.5. The monoisotopic (exact) mass is 743 g/mol. The van der Waals surface area contributed by atoms with Crippen LogP contribution in [0.3, 0.4) is 0 Å². The molecular formula is C38H24IrN5. The van der Waals surface area contributed by atoms with Crippen molar-refractivity contribution in [1.29, 1.82) is 0 Å². The van der Waals surface area contributed by atoms with Crippen LogP contribution < -0.4 is 4.90 Å². The Kier molecular flexibility index (Phi) is 6.23. The van der Waals surface area contributed by atoms with E-state index < -0.39 is 0 Å². The van der Waals surface area contributed by atoms with Crippen LogP contribution in [0.2, 0.25) is 0 Å². The van der Waals surface area contributed by atoms with Crippen LogP contribution in [0.5, 0.6) is 0 Å². The van der Waals surface area contributed by atoms with Gasteiger partial charge in [-0.2, -0.15) is 30.9 Å². The summed E-state index contributed by atoms with van der Waals surface area (Å²) in [6.45, 7) is 2.10. The molecule has 0 saturated carbocycles. The summed E-state index contributed by atoms with van der Waals surface area (Å²) in [6.07, 6.45) is 8.92. The van der Waals surface area contributed by atoms with Crippen molar-refractivity contribution in [1.82, 2.24) is 19.3 Å². The van der Waals surface area contributed by atoms with Gasteiger partial charge in [-0.1, -0.05) is 96.3 Å². The fraction of sp³-hybridized carbons (Fsp3) is 0.0263. The van der Waals surface area contributed by atoms with E-state index in [9.17, 15) is 0 Å². The Bertz CT molecular complexity index is 2430. The van der Waals surface area contributed by atoms with Crippen molar-refractivity contribution in [2.75, 3.05) is 11.9 Å². The number of hydrogen-bond acceptors (Lipinski definition) is 4. The summed E-state index contributed by atoms with van der Waals surface area (Å²) in [7, 11) is 2.05. The molecule has 0 radical (unpaired) electrons. The molecular weight excluding hydrogens is 719 g/mol. The van der Waals surface area contributed by atoms with Crippen molar-refractivity contribution in [2.45, 2.75) is 0 Å². The first-order valence-corrected chi connectivity index (χ1v) is 14.3. The molecule has 0 bridgehead atoms. The number of imidazole rings is 1. The number of anilines is 1. The number of pyridine rings is 2. The van der Waals surface area contributed by atoms with Gasteiger partial charge < -0.3 is 24.2 Å². The van der Waals surface area contributed by atoms with Gasteiger partial charge in [0.15, 0.2) is 0 Å². The maximum atomic E-state index is 4.57. The van der Waals surface area contributed by atoms with Crippen LogP contribution in [0.15, 0.2) is 122 Å². The minimum absolute atomic E-state index is 0. The molecule has 0 N–H and O–H groups in total. The number of para-hydroxylation sites is 1. The van der Waals surface area contributed by atoms with E-state index in [1.165, 1.54) is 49.3 Å². The van der Waals surface area contributed by atoms with Crippen molar-refractivity contribution >= 4 is 60.3 Å². The number of aromatic nitrogens is 3. The third-order valence-electron chi connectivity index (χ3n) is 8.50. The summed E-state index contributed by atoms with van der Waals surface area (Å²) < 4.78 is 2.11. The first-order valence-electron chi connectivity index (χ1n) is 14.3. The van der Waals surface area contributed by atoms with Crippen LogP contribution in [0.25, 0.3) is 65.7 Å². The Morgan fingerprint density at radius 1 is 0.705 bits per heavy atom. The quantitative estimate of drug-likeness (QED) is 0.116. The molecule has 2 aliphatic rings. The van der Waals surface area contributed by atoms with Gasteiger partial charge in [0.05, 0.1) is 0 Å². The van der Waals surface area contributed by atoms with Gasteiger partial charge >= 0.3 is 20.1 Å². The third kappa shape index (κ3) is 3.88. The van der Waals surface area contributed by atoms with Gasteiger partial charge in [-0.05, 0) is 69.2 Å². The summed E-state index contributed by atoms with van der Waals surface area (Å²) in [6, 6.07) is 39.5. The zero-order valence-electron chi connectivity index (χ0n) is 23.7. The molecule has 0 spiro atoms. The molecule has 6 heteroatoms. The first kappa shape index (κ1) is 26.6. The van der Waals surface area contributed by atoms with E-state index >= 15 is 0 Å². The van der Waals surface area contributed by atoms with Crippen LogP contribution >= 0.6 is 0 Å². The minimum atomic E-state index is 0. The van der Waals surface area contributed by atoms with Crippen molar-refractivity contribution in [3.63, 3.8) is 0 Å². The third-order valence-corrected chi connectivity index (χ3v) is 8.50. The van der Waals surface area contributed by atoms with E-state index in [-0.39, 0.29) is 20.1 Å². The number of hydrogen-bond donors (Lipinski definition) is 0. The smallest absolute Gasteiger partial charge is 0.510 e. The van der Waals surface area contributed by atoms with Gasteiger partial charge in [0.1, 0.15) is 0 Å². The molecule has 5 nitrogen and oxygen atoms in total. The molecule has 2 aliphatic heterocycles. The molecule has 10 rings (SSSR count).